The van der Waals surface area contributed by atoms with Crippen molar-refractivity contribution in [3.05, 3.63) is 17.8 Å². The molecule has 0 aromatic carbocycles. The fraction of sp³-hybridized carbons (Fsp3) is 0.500. The zero-order chi connectivity index (χ0) is 9.97. The Hall–Kier alpha value is -1.29. The van der Waals surface area contributed by atoms with Gasteiger partial charge in [0, 0.05) is 25.4 Å². The van der Waals surface area contributed by atoms with Crippen LogP contribution >= 0.6 is 0 Å². The van der Waals surface area contributed by atoms with Crippen molar-refractivity contribution in [3.63, 3.8) is 0 Å². The Morgan fingerprint density at radius 3 is 3.29 bits per heavy atom. The number of pyridine rings is 1. The first-order valence-electron chi connectivity index (χ1n) is 4.79. The smallest absolute Gasteiger partial charge is 0.171 e. The lowest BCUT2D eigenvalue weighted by molar-refractivity contribution is 0.305. The van der Waals surface area contributed by atoms with E-state index in [9.17, 15) is 0 Å². The molecule has 2 rings (SSSR count). The van der Waals surface area contributed by atoms with E-state index in [1.165, 1.54) is 5.56 Å². The molecule has 1 N–H and O–H groups in total. The predicted octanol–water partition coefficient (Wildman–Crippen LogP) is 0.630. The van der Waals surface area contributed by atoms with Gasteiger partial charge in [0.25, 0.3) is 0 Å². The van der Waals surface area contributed by atoms with Crippen LogP contribution in [0.2, 0.25) is 0 Å². The highest BCUT2D eigenvalue weighted by Crippen LogP contribution is 2.31. The van der Waals surface area contributed by atoms with Crippen molar-refractivity contribution in [2.75, 3.05) is 32.1 Å². The van der Waals surface area contributed by atoms with Crippen LogP contribution in [0.15, 0.2) is 12.3 Å². The molecule has 0 radical (unpaired) electrons. The number of ether oxygens (including phenoxy) is 1. The molecule has 0 spiro atoms. The second kappa shape index (κ2) is 3.84. The number of hydrogen-bond acceptors (Lipinski definition) is 4. The molecule has 0 amide bonds. The van der Waals surface area contributed by atoms with E-state index in [0.29, 0.717) is 0 Å². The lowest BCUT2D eigenvalue weighted by Gasteiger charge is -2.27. The summed E-state index contributed by atoms with van der Waals surface area (Å²) >= 11 is 0. The van der Waals surface area contributed by atoms with Crippen LogP contribution in [-0.4, -0.2) is 32.2 Å². The first-order valence-corrected chi connectivity index (χ1v) is 4.79. The van der Waals surface area contributed by atoms with Gasteiger partial charge in [0.05, 0.1) is 6.54 Å². The summed E-state index contributed by atoms with van der Waals surface area (Å²) in [6, 6.07) is 1.99. The lowest BCUT2D eigenvalue weighted by atomic mass is 10.2. The minimum Gasteiger partial charge on any atom is -0.488 e. The monoisotopic (exact) mass is 193 g/mol. The Kier molecular flexibility index (Phi) is 2.54. The van der Waals surface area contributed by atoms with Gasteiger partial charge in [-0.3, -0.25) is 0 Å². The quantitative estimate of drug-likeness (QED) is 0.747. The number of fused-ring (bicyclic) bond motifs is 1. The van der Waals surface area contributed by atoms with E-state index in [1.54, 1.807) is 0 Å². The molecular weight excluding hydrogens is 178 g/mol. The average Bonchev–Trinajstić information content (AvgIpc) is 2.20. The fourth-order valence-corrected chi connectivity index (χ4v) is 1.63. The van der Waals surface area contributed by atoms with Crippen LogP contribution in [0.4, 0.5) is 5.82 Å². The van der Waals surface area contributed by atoms with Crippen LogP contribution in [0.5, 0.6) is 5.75 Å². The molecule has 1 aromatic rings. The molecule has 0 saturated carbocycles. The first-order chi connectivity index (χ1) is 6.83. The molecule has 0 atom stereocenters. The van der Waals surface area contributed by atoms with Gasteiger partial charge in [0.15, 0.2) is 11.6 Å². The SMILES string of the molecule is CNCc1ccnc2c1OCCN2C. The minimum atomic E-state index is 0.742. The van der Waals surface area contributed by atoms with Crippen molar-refractivity contribution in [2.45, 2.75) is 6.54 Å². The van der Waals surface area contributed by atoms with Gasteiger partial charge in [0.2, 0.25) is 0 Å². The van der Waals surface area contributed by atoms with Crippen molar-refractivity contribution in [1.29, 1.82) is 0 Å². The van der Waals surface area contributed by atoms with Crippen molar-refractivity contribution < 1.29 is 4.74 Å². The van der Waals surface area contributed by atoms with Gasteiger partial charge in [0.1, 0.15) is 6.61 Å². The van der Waals surface area contributed by atoms with Crippen LogP contribution in [0.25, 0.3) is 0 Å². The third-order valence-corrected chi connectivity index (χ3v) is 2.37. The number of aromatic nitrogens is 1. The van der Waals surface area contributed by atoms with Gasteiger partial charge < -0.3 is 15.0 Å². The molecule has 1 aliphatic heterocycles. The normalized spacial score (nSPS) is 14.9. The largest absolute Gasteiger partial charge is 0.488 e. The summed E-state index contributed by atoms with van der Waals surface area (Å²) in [7, 11) is 3.97. The highest BCUT2D eigenvalue weighted by Gasteiger charge is 2.18. The Morgan fingerprint density at radius 1 is 1.64 bits per heavy atom. The Labute approximate surface area is 83.9 Å². The summed E-state index contributed by atoms with van der Waals surface area (Å²) in [6.45, 7) is 2.47. The molecule has 0 aliphatic carbocycles. The highest BCUT2D eigenvalue weighted by molar-refractivity contribution is 5.57. The van der Waals surface area contributed by atoms with E-state index in [0.717, 1.165) is 31.3 Å². The molecule has 14 heavy (non-hydrogen) atoms. The number of nitrogens with zero attached hydrogens (tertiary/aromatic N) is 2. The third kappa shape index (κ3) is 1.53. The summed E-state index contributed by atoms with van der Waals surface area (Å²) in [5.74, 6) is 1.87. The van der Waals surface area contributed by atoms with Gasteiger partial charge in [-0.15, -0.1) is 0 Å². The van der Waals surface area contributed by atoms with Crippen molar-refractivity contribution in [2.24, 2.45) is 0 Å². The molecule has 2 heterocycles. The molecule has 0 bridgehead atoms. The summed E-state index contributed by atoms with van der Waals surface area (Å²) in [4.78, 5) is 6.44. The van der Waals surface area contributed by atoms with E-state index in [1.807, 2.05) is 26.4 Å². The lowest BCUT2D eigenvalue weighted by Crippen LogP contribution is -2.30. The topological polar surface area (TPSA) is 37.4 Å². The number of nitrogens with one attached hydrogen (secondary N) is 1. The van der Waals surface area contributed by atoms with Gasteiger partial charge >= 0.3 is 0 Å². The maximum absolute atomic E-state index is 5.63. The molecule has 4 nitrogen and oxygen atoms in total. The third-order valence-electron chi connectivity index (χ3n) is 2.37. The van der Waals surface area contributed by atoms with Crippen LogP contribution in [0, 0.1) is 0 Å². The van der Waals surface area contributed by atoms with E-state index in [2.05, 4.69) is 15.2 Å². The van der Waals surface area contributed by atoms with Crippen LogP contribution in [0.1, 0.15) is 5.56 Å². The van der Waals surface area contributed by atoms with E-state index in [-0.39, 0.29) is 0 Å². The zero-order valence-corrected chi connectivity index (χ0v) is 8.58. The van der Waals surface area contributed by atoms with Gasteiger partial charge in [-0.2, -0.15) is 0 Å². The standard InChI is InChI=1S/C10H15N3O/c1-11-7-8-3-4-12-10-9(8)14-6-5-13(10)2/h3-4,11H,5-7H2,1-2H3. The number of likely N-dealkylation sites (N-methyl/N-ethyl adjacent to an activating group) is 1. The molecule has 0 unspecified atom stereocenters. The predicted molar refractivity (Wildman–Crippen MR) is 55.8 cm³/mol. The molecule has 76 valence electrons. The maximum atomic E-state index is 5.63. The second-order valence-electron chi connectivity index (χ2n) is 3.42. The van der Waals surface area contributed by atoms with Crippen molar-refractivity contribution >= 4 is 5.82 Å². The summed E-state index contributed by atoms with van der Waals surface area (Å²) in [5.41, 5.74) is 1.17. The highest BCUT2D eigenvalue weighted by atomic mass is 16.5. The van der Waals surface area contributed by atoms with E-state index in [4.69, 9.17) is 4.74 Å². The summed E-state index contributed by atoms with van der Waals surface area (Å²) in [6.07, 6.45) is 1.83. The van der Waals surface area contributed by atoms with Gasteiger partial charge in [-0.25, -0.2) is 4.98 Å². The number of hydrogen-bond donors (Lipinski definition) is 1. The molecule has 4 heteroatoms. The number of rotatable bonds is 2. The molecule has 1 aromatic heterocycles. The average molecular weight is 193 g/mol. The fourth-order valence-electron chi connectivity index (χ4n) is 1.63. The van der Waals surface area contributed by atoms with Gasteiger partial charge in [-0.1, -0.05) is 0 Å². The Balaban J connectivity index is 2.39. The molecule has 0 fully saturated rings. The zero-order valence-electron chi connectivity index (χ0n) is 8.58. The second-order valence-corrected chi connectivity index (χ2v) is 3.42. The van der Waals surface area contributed by atoms with Crippen LogP contribution in [0.3, 0.4) is 0 Å². The minimum absolute atomic E-state index is 0.742. The Bertz CT molecular complexity index is 327. The van der Waals surface area contributed by atoms with Crippen LogP contribution < -0.4 is 15.0 Å². The van der Waals surface area contributed by atoms with Crippen molar-refractivity contribution in [1.82, 2.24) is 10.3 Å². The molecular formula is C10H15N3O. The summed E-state index contributed by atoms with van der Waals surface area (Å²) in [5, 5.41) is 3.12. The molecule has 0 saturated heterocycles. The van der Waals surface area contributed by atoms with Crippen molar-refractivity contribution in [3.8, 4) is 5.75 Å². The first kappa shape index (κ1) is 9.27. The van der Waals surface area contributed by atoms with E-state index >= 15 is 0 Å². The Morgan fingerprint density at radius 2 is 2.50 bits per heavy atom. The maximum Gasteiger partial charge on any atom is 0.171 e. The van der Waals surface area contributed by atoms with Crippen LogP contribution in [-0.2, 0) is 6.54 Å². The van der Waals surface area contributed by atoms with E-state index < -0.39 is 0 Å². The number of anilines is 1. The summed E-state index contributed by atoms with van der Waals surface area (Å²) < 4.78 is 5.63. The molecule has 1 aliphatic rings. The van der Waals surface area contributed by atoms with Gasteiger partial charge in [-0.05, 0) is 13.1 Å².